The van der Waals surface area contributed by atoms with Crippen LogP contribution < -0.4 is 0 Å². The number of fused-ring (bicyclic) bond motifs is 4. The Bertz CT molecular complexity index is 1130. The second-order valence-corrected chi connectivity index (χ2v) is 12.1. The first-order valence-electron chi connectivity index (χ1n) is 13.4. The van der Waals surface area contributed by atoms with Gasteiger partial charge in [-0.1, -0.05) is 26.5 Å². The molecule has 0 aromatic heterocycles. The highest BCUT2D eigenvalue weighted by molar-refractivity contribution is 6.23. The zero-order valence-corrected chi connectivity index (χ0v) is 24.2. The lowest BCUT2D eigenvalue weighted by Gasteiger charge is -2.57. The topological polar surface area (TPSA) is 158 Å². The molecule has 2 N–H and O–H groups in total. The average Bonchev–Trinajstić information content (AvgIpc) is 3.62. The zero-order chi connectivity index (χ0) is 29.9. The smallest absolute Gasteiger partial charge is 0.312 e. The SMILES string of the molecule is C=C1C=CC(OC(=O)CCC)C2(C)C3OC3C(OC(C)=O)C(C)(O)C2C(OC(C)=O)C2(O)C(C)C(=O)OC2C1Cl. The molecule has 0 amide bonds. The lowest BCUT2D eigenvalue weighted by Crippen LogP contribution is -2.73. The number of hydrogen-bond donors (Lipinski definition) is 2. The molecule has 0 bridgehead atoms. The summed E-state index contributed by atoms with van der Waals surface area (Å²) in [5.41, 5.74) is -5.50. The number of rotatable bonds is 5. The molecule has 0 aromatic rings. The largest absolute Gasteiger partial charge is 0.459 e. The molecule has 12 atom stereocenters. The number of epoxide rings is 1. The van der Waals surface area contributed by atoms with Gasteiger partial charge >= 0.3 is 23.9 Å². The summed E-state index contributed by atoms with van der Waals surface area (Å²) in [6.07, 6.45) is -3.37. The molecule has 0 radical (unpaired) electrons. The Labute approximate surface area is 237 Å². The highest BCUT2D eigenvalue weighted by Gasteiger charge is 2.79. The van der Waals surface area contributed by atoms with Crippen LogP contribution in [0.4, 0.5) is 0 Å². The summed E-state index contributed by atoms with van der Waals surface area (Å²) in [4.78, 5) is 50.5. The molecule has 2 heterocycles. The molecular formula is C28H37ClO11. The maximum absolute atomic E-state index is 12.9. The average molecular weight is 585 g/mol. The summed E-state index contributed by atoms with van der Waals surface area (Å²) in [5, 5.41) is 23.5. The Hall–Kier alpha value is -2.47. The predicted octanol–water partition coefficient (Wildman–Crippen LogP) is 1.74. The minimum atomic E-state index is -2.29. The number of ether oxygens (including phenoxy) is 5. The summed E-state index contributed by atoms with van der Waals surface area (Å²) in [7, 11) is 0. The predicted molar refractivity (Wildman–Crippen MR) is 139 cm³/mol. The molecule has 12 unspecified atom stereocenters. The lowest BCUT2D eigenvalue weighted by molar-refractivity contribution is -0.258. The molecule has 3 fully saturated rings. The van der Waals surface area contributed by atoms with E-state index < -0.39 is 94.3 Å². The number of hydrogen-bond acceptors (Lipinski definition) is 11. The van der Waals surface area contributed by atoms with Crippen molar-refractivity contribution in [1.82, 2.24) is 0 Å². The van der Waals surface area contributed by atoms with Gasteiger partial charge in [-0.15, -0.1) is 11.6 Å². The van der Waals surface area contributed by atoms with Crippen molar-refractivity contribution in [3.05, 3.63) is 24.3 Å². The van der Waals surface area contributed by atoms with E-state index in [9.17, 15) is 29.4 Å². The number of aliphatic hydroxyl groups is 2. The maximum Gasteiger partial charge on any atom is 0.312 e. The molecule has 2 saturated heterocycles. The molecule has 12 heteroatoms. The van der Waals surface area contributed by atoms with Crippen LogP contribution in [0.25, 0.3) is 0 Å². The van der Waals surface area contributed by atoms with Crippen LogP contribution >= 0.6 is 11.6 Å². The van der Waals surface area contributed by atoms with Crippen LogP contribution in [0.1, 0.15) is 54.4 Å². The molecule has 11 nitrogen and oxygen atoms in total. The summed E-state index contributed by atoms with van der Waals surface area (Å²) in [6, 6.07) is 0. The van der Waals surface area contributed by atoms with E-state index in [1.54, 1.807) is 13.0 Å². The van der Waals surface area contributed by atoms with E-state index in [0.717, 1.165) is 6.92 Å². The Morgan fingerprint density at radius 1 is 1.07 bits per heavy atom. The summed E-state index contributed by atoms with van der Waals surface area (Å²) >= 11 is 6.72. The van der Waals surface area contributed by atoms with Gasteiger partial charge in [0.2, 0.25) is 0 Å². The van der Waals surface area contributed by atoms with Gasteiger partial charge in [-0.2, -0.15) is 0 Å². The number of allylic oxidation sites excluding steroid dienone is 1. The first-order chi connectivity index (χ1) is 18.5. The Kier molecular flexibility index (Phi) is 7.94. The van der Waals surface area contributed by atoms with Crippen LogP contribution in [0, 0.1) is 17.3 Å². The summed E-state index contributed by atoms with van der Waals surface area (Å²) < 4.78 is 28.8. The number of halogens is 1. The van der Waals surface area contributed by atoms with Crippen molar-refractivity contribution >= 4 is 35.5 Å². The number of carbonyl (C=O) groups excluding carboxylic acids is 4. The normalized spacial score (nSPS) is 45.8. The fraction of sp³-hybridized carbons (Fsp3) is 0.714. The second-order valence-electron chi connectivity index (χ2n) is 11.6. The third kappa shape index (κ3) is 4.64. The minimum absolute atomic E-state index is 0.102. The molecule has 2 aliphatic heterocycles. The third-order valence-electron chi connectivity index (χ3n) is 8.83. The lowest BCUT2D eigenvalue weighted by atomic mass is 9.52. The van der Waals surface area contributed by atoms with E-state index in [4.69, 9.17) is 35.3 Å². The zero-order valence-electron chi connectivity index (χ0n) is 23.4. The van der Waals surface area contributed by atoms with Crippen LogP contribution in [-0.2, 0) is 42.9 Å². The van der Waals surface area contributed by atoms with Gasteiger partial charge in [0.25, 0.3) is 0 Å². The second kappa shape index (κ2) is 10.4. The monoisotopic (exact) mass is 584 g/mol. The van der Waals surface area contributed by atoms with Crippen molar-refractivity contribution in [3.8, 4) is 0 Å². The molecular weight excluding hydrogens is 548 g/mol. The Morgan fingerprint density at radius 2 is 1.68 bits per heavy atom. The van der Waals surface area contributed by atoms with Crippen molar-refractivity contribution in [2.75, 3.05) is 0 Å². The quantitative estimate of drug-likeness (QED) is 0.210. The van der Waals surface area contributed by atoms with Crippen molar-refractivity contribution in [2.24, 2.45) is 17.3 Å². The fourth-order valence-electron chi connectivity index (χ4n) is 6.85. The van der Waals surface area contributed by atoms with Gasteiger partial charge in [0.1, 0.15) is 23.9 Å². The molecule has 4 rings (SSSR count). The van der Waals surface area contributed by atoms with Crippen LogP contribution in [0.3, 0.4) is 0 Å². The number of alkyl halides is 1. The summed E-state index contributed by atoms with van der Waals surface area (Å²) in [6.45, 7) is 12.5. The molecule has 2 aliphatic carbocycles. The Balaban J connectivity index is 2.03. The van der Waals surface area contributed by atoms with Gasteiger partial charge in [-0.3, -0.25) is 19.2 Å². The van der Waals surface area contributed by atoms with Crippen molar-refractivity contribution in [2.45, 2.75) is 108 Å². The van der Waals surface area contributed by atoms with E-state index in [1.165, 1.54) is 26.8 Å². The highest BCUT2D eigenvalue weighted by atomic mass is 35.5. The highest BCUT2D eigenvalue weighted by Crippen LogP contribution is 2.63. The van der Waals surface area contributed by atoms with E-state index in [-0.39, 0.29) is 12.0 Å². The van der Waals surface area contributed by atoms with Gasteiger partial charge < -0.3 is 33.9 Å². The first-order valence-corrected chi connectivity index (χ1v) is 13.8. The third-order valence-corrected chi connectivity index (χ3v) is 9.34. The van der Waals surface area contributed by atoms with Gasteiger partial charge in [0, 0.05) is 31.6 Å². The molecule has 0 spiro atoms. The fourth-order valence-corrected chi connectivity index (χ4v) is 7.18. The van der Waals surface area contributed by atoms with Gasteiger partial charge in [0.15, 0.2) is 17.8 Å². The molecule has 1 saturated carbocycles. The van der Waals surface area contributed by atoms with Crippen molar-refractivity contribution in [3.63, 3.8) is 0 Å². The van der Waals surface area contributed by atoms with Crippen LogP contribution in [0.15, 0.2) is 24.3 Å². The summed E-state index contributed by atoms with van der Waals surface area (Å²) in [5.74, 6) is -5.48. The molecule has 0 aromatic carbocycles. The number of carbonyl (C=O) groups is 4. The van der Waals surface area contributed by atoms with Crippen LogP contribution in [0.5, 0.6) is 0 Å². The molecule has 4 aliphatic rings. The van der Waals surface area contributed by atoms with E-state index in [0.29, 0.717) is 6.42 Å². The molecule has 40 heavy (non-hydrogen) atoms. The van der Waals surface area contributed by atoms with E-state index in [2.05, 4.69) is 6.58 Å². The van der Waals surface area contributed by atoms with Gasteiger partial charge in [-0.05, 0) is 31.9 Å². The van der Waals surface area contributed by atoms with Crippen LogP contribution in [-0.4, -0.2) is 87.3 Å². The van der Waals surface area contributed by atoms with E-state index >= 15 is 0 Å². The van der Waals surface area contributed by atoms with Gasteiger partial charge in [-0.25, -0.2) is 0 Å². The Morgan fingerprint density at radius 3 is 2.25 bits per heavy atom. The van der Waals surface area contributed by atoms with Crippen LogP contribution in [0.2, 0.25) is 0 Å². The van der Waals surface area contributed by atoms with Crippen molar-refractivity contribution in [1.29, 1.82) is 0 Å². The standard InChI is InChI=1S/C28H37ClO11/c1-8-9-17(32)38-16-11-10-12(2)18(29)21-28(35,13(3)25(33)40-21)24(37-15(5)31)20-26(16,6)22-19(39-22)23(27(20,7)34)36-14(4)30/h10-11,13,16,18-24,34-35H,2,8-9H2,1,3-7H3. The maximum atomic E-state index is 12.9. The van der Waals surface area contributed by atoms with E-state index in [1.807, 2.05) is 6.92 Å². The van der Waals surface area contributed by atoms with Gasteiger partial charge in [0.05, 0.1) is 17.4 Å². The minimum Gasteiger partial charge on any atom is -0.459 e. The first kappa shape index (κ1) is 30.5. The number of esters is 4. The van der Waals surface area contributed by atoms with Crippen molar-refractivity contribution < 1.29 is 53.1 Å². The molecule has 222 valence electrons.